The Kier molecular flexibility index (Phi) is 4.73. The highest BCUT2D eigenvalue weighted by Crippen LogP contribution is 2.21. The maximum atomic E-state index is 3.73. The number of thiophene rings is 1. The lowest BCUT2D eigenvalue weighted by molar-refractivity contribution is 0.320. The van der Waals surface area contributed by atoms with Crippen molar-refractivity contribution in [2.45, 2.75) is 39.4 Å². The lowest BCUT2D eigenvalue weighted by Crippen LogP contribution is -2.32. The third-order valence-electron chi connectivity index (χ3n) is 4.25. The van der Waals surface area contributed by atoms with E-state index in [0.717, 1.165) is 19.6 Å². The van der Waals surface area contributed by atoms with Crippen LogP contribution in [0, 0.1) is 13.8 Å². The number of rotatable bonds is 5. The van der Waals surface area contributed by atoms with Crippen molar-refractivity contribution in [1.82, 2.24) is 10.2 Å². The van der Waals surface area contributed by atoms with Gasteiger partial charge in [0, 0.05) is 42.0 Å². The number of benzene rings is 1. The van der Waals surface area contributed by atoms with Crippen LogP contribution in [0.2, 0.25) is 0 Å². The average molecular weight is 300 g/mol. The standard InChI is InChI=1S/C18H24N2S/c1-14-10-17(15(2)21-14)11-19-18-8-9-20(13-18)12-16-6-4-3-5-7-16/h3-7,10,18-19H,8-9,11-13H2,1-2H3. The van der Waals surface area contributed by atoms with E-state index in [2.05, 4.69) is 60.5 Å². The highest BCUT2D eigenvalue weighted by molar-refractivity contribution is 7.12. The molecule has 1 aliphatic heterocycles. The van der Waals surface area contributed by atoms with Gasteiger partial charge < -0.3 is 5.32 Å². The van der Waals surface area contributed by atoms with Gasteiger partial charge in [-0.25, -0.2) is 0 Å². The summed E-state index contributed by atoms with van der Waals surface area (Å²) in [7, 11) is 0. The van der Waals surface area contributed by atoms with Crippen molar-refractivity contribution in [3.8, 4) is 0 Å². The molecule has 3 rings (SSSR count). The quantitative estimate of drug-likeness (QED) is 0.905. The van der Waals surface area contributed by atoms with E-state index in [1.165, 1.54) is 33.8 Å². The molecule has 1 saturated heterocycles. The Morgan fingerprint density at radius 2 is 2.05 bits per heavy atom. The summed E-state index contributed by atoms with van der Waals surface area (Å²) in [5, 5.41) is 3.73. The molecule has 0 bridgehead atoms. The molecule has 2 aromatic rings. The van der Waals surface area contributed by atoms with Gasteiger partial charge in [-0.1, -0.05) is 30.3 Å². The summed E-state index contributed by atoms with van der Waals surface area (Å²) in [6.45, 7) is 8.88. The summed E-state index contributed by atoms with van der Waals surface area (Å²) in [5.41, 5.74) is 2.89. The molecular formula is C18H24N2S. The summed E-state index contributed by atoms with van der Waals surface area (Å²) >= 11 is 1.90. The molecule has 1 aromatic heterocycles. The predicted octanol–water partition coefficient (Wildman–Crippen LogP) is 3.73. The second kappa shape index (κ2) is 6.73. The molecule has 2 nitrogen and oxygen atoms in total. The van der Waals surface area contributed by atoms with Crippen LogP contribution in [0.5, 0.6) is 0 Å². The lowest BCUT2D eigenvalue weighted by Gasteiger charge is -2.16. The first-order valence-corrected chi connectivity index (χ1v) is 8.58. The maximum absolute atomic E-state index is 3.73. The van der Waals surface area contributed by atoms with Crippen LogP contribution in [0.25, 0.3) is 0 Å². The fourth-order valence-corrected chi connectivity index (χ4v) is 4.04. The van der Waals surface area contributed by atoms with E-state index in [-0.39, 0.29) is 0 Å². The van der Waals surface area contributed by atoms with Crippen molar-refractivity contribution < 1.29 is 0 Å². The minimum Gasteiger partial charge on any atom is -0.309 e. The van der Waals surface area contributed by atoms with E-state index < -0.39 is 0 Å². The molecule has 0 radical (unpaired) electrons. The van der Waals surface area contributed by atoms with Crippen LogP contribution in [0.15, 0.2) is 36.4 Å². The van der Waals surface area contributed by atoms with Crippen molar-refractivity contribution in [3.63, 3.8) is 0 Å². The summed E-state index contributed by atoms with van der Waals surface area (Å²) in [6.07, 6.45) is 1.26. The van der Waals surface area contributed by atoms with E-state index in [1.54, 1.807) is 0 Å². The number of nitrogens with one attached hydrogen (secondary N) is 1. The van der Waals surface area contributed by atoms with Crippen molar-refractivity contribution in [2.24, 2.45) is 0 Å². The van der Waals surface area contributed by atoms with Crippen LogP contribution in [0.4, 0.5) is 0 Å². The van der Waals surface area contributed by atoms with Crippen LogP contribution in [-0.2, 0) is 13.1 Å². The van der Waals surface area contributed by atoms with Gasteiger partial charge in [-0.2, -0.15) is 0 Å². The minimum atomic E-state index is 0.633. The normalized spacial score (nSPS) is 19.2. The highest BCUT2D eigenvalue weighted by Gasteiger charge is 2.22. The van der Waals surface area contributed by atoms with Crippen LogP contribution >= 0.6 is 11.3 Å². The Morgan fingerprint density at radius 3 is 2.76 bits per heavy atom. The molecule has 0 amide bonds. The van der Waals surface area contributed by atoms with Crippen molar-refractivity contribution in [1.29, 1.82) is 0 Å². The summed E-state index contributed by atoms with van der Waals surface area (Å²) in [5.74, 6) is 0. The van der Waals surface area contributed by atoms with Crippen LogP contribution in [-0.4, -0.2) is 24.0 Å². The Labute approximate surface area is 131 Å². The van der Waals surface area contributed by atoms with Gasteiger partial charge in [-0.3, -0.25) is 4.90 Å². The molecule has 21 heavy (non-hydrogen) atoms. The maximum Gasteiger partial charge on any atom is 0.0234 e. The smallest absolute Gasteiger partial charge is 0.0234 e. The second-order valence-electron chi connectivity index (χ2n) is 6.03. The SMILES string of the molecule is Cc1cc(CNC2CCN(Cc3ccccc3)C2)c(C)s1. The molecule has 1 atom stereocenters. The van der Waals surface area contributed by atoms with E-state index in [1.807, 2.05) is 11.3 Å². The fourth-order valence-electron chi connectivity index (χ4n) is 3.10. The van der Waals surface area contributed by atoms with E-state index in [9.17, 15) is 0 Å². The zero-order valence-electron chi connectivity index (χ0n) is 12.9. The Morgan fingerprint density at radius 1 is 1.24 bits per heavy atom. The number of aryl methyl sites for hydroxylation is 2. The van der Waals surface area contributed by atoms with E-state index in [4.69, 9.17) is 0 Å². The summed E-state index contributed by atoms with van der Waals surface area (Å²) in [6, 6.07) is 13.7. The van der Waals surface area contributed by atoms with Crippen LogP contribution in [0.1, 0.15) is 27.3 Å². The molecule has 0 saturated carbocycles. The molecule has 1 fully saturated rings. The van der Waals surface area contributed by atoms with E-state index in [0.29, 0.717) is 6.04 Å². The third-order valence-corrected chi connectivity index (χ3v) is 5.25. The zero-order chi connectivity index (χ0) is 14.7. The van der Waals surface area contributed by atoms with Gasteiger partial charge in [-0.15, -0.1) is 11.3 Å². The first-order chi connectivity index (χ1) is 10.2. The number of nitrogens with zero attached hydrogens (tertiary/aromatic N) is 1. The summed E-state index contributed by atoms with van der Waals surface area (Å²) in [4.78, 5) is 5.43. The molecule has 2 heterocycles. The van der Waals surface area contributed by atoms with Crippen LogP contribution < -0.4 is 5.32 Å². The lowest BCUT2D eigenvalue weighted by atomic mass is 10.2. The zero-order valence-corrected chi connectivity index (χ0v) is 13.7. The molecule has 112 valence electrons. The molecule has 0 aliphatic carbocycles. The first kappa shape index (κ1) is 14.8. The summed E-state index contributed by atoms with van der Waals surface area (Å²) < 4.78 is 0. The molecule has 1 unspecified atom stereocenters. The number of likely N-dealkylation sites (tertiary alicyclic amines) is 1. The van der Waals surface area contributed by atoms with Crippen molar-refractivity contribution in [2.75, 3.05) is 13.1 Å². The Hall–Kier alpha value is -1.16. The van der Waals surface area contributed by atoms with Gasteiger partial charge >= 0.3 is 0 Å². The van der Waals surface area contributed by atoms with Gasteiger partial charge in [0.25, 0.3) is 0 Å². The van der Waals surface area contributed by atoms with Gasteiger partial charge in [0.05, 0.1) is 0 Å². The van der Waals surface area contributed by atoms with Crippen molar-refractivity contribution >= 4 is 11.3 Å². The molecule has 3 heteroatoms. The van der Waals surface area contributed by atoms with Gasteiger partial charge in [-0.05, 0) is 37.5 Å². The van der Waals surface area contributed by atoms with Crippen LogP contribution in [0.3, 0.4) is 0 Å². The van der Waals surface area contributed by atoms with E-state index >= 15 is 0 Å². The largest absolute Gasteiger partial charge is 0.309 e. The fraction of sp³-hybridized carbons (Fsp3) is 0.444. The molecule has 1 aliphatic rings. The van der Waals surface area contributed by atoms with Gasteiger partial charge in [0.15, 0.2) is 0 Å². The number of hydrogen-bond donors (Lipinski definition) is 1. The number of hydrogen-bond acceptors (Lipinski definition) is 3. The molecule has 1 aromatic carbocycles. The molecule has 1 N–H and O–H groups in total. The first-order valence-electron chi connectivity index (χ1n) is 7.76. The predicted molar refractivity (Wildman–Crippen MR) is 90.8 cm³/mol. The Bertz CT molecular complexity index is 576. The molecule has 0 spiro atoms. The van der Waals surface area contributed by atoms with Crippen molar-refractivity contribution in [3.05, 3.63) is 57.3 Å². The van der Waals surface area contributed by atoms with Gasteiger partial charge in [0.1, 0.15) is 0 Å². The van der Waals surface area contributed by atoms with Gasteiger partial charge in [0.2, 0.25) is 0 Å². The minimum absolute atomic E-state index is 0.633. The second-order valence-corrected chi connectivity index (χ2v) is 7.49. The average Bonchev–Trinajstić information content (AvgIpc) is 3.04. The highest BCUT2D eigenvalue weighted by atomic mass is 32.1. The topological polar surface area (TPSA) is 15.3 Å². The molecular weight excluding hydrogens is 276 g/mol. The Balaban J connectivity index is 1.47. The monoisotopic (exact) mass is 300 g/mol. The third kappa shape index (κ3) is 3.94.